The van der Waals surface area contributed by atoms with E-state index in [-0.39, 0.29) is 13.2 Å². The highest BCUT2D eigenvalue weighted by molar-refractivity contribution is 5.82. The largest absolute Gasteiger partial charge is 0.480 e. The Morgan fingerprint density at radius 1 is 0.532 bits per heavy atom. The molecule has 3 amide bonds. The van der Waals surface area contributed by atoms with E-state index in [1.807, 2.05) is 35.6 Å². The monoisotopic (exact) mass is 895 g/mol. The molecule has 2 rings (SSSR count). The smallest absolute Gasteiger partial charge is 0.408 e. The van der Waals surface area contributed by atoms with Crippen molar-refractivity contribution in [1.82, 2.24) is 16.0 Å². The predicted molar refractivity (Wildman–Crippen MR) is 211 cm³/mol. The van der Waals surface area contributed by atoms with Gasteiger partial charge in [-0.05, 0) is 73.4 Å². The van der Waals surface area contributed by atoms with Gasteiger partial charge in [0.15, 0.2) is 18.1 Å². The van der Waals surface area contributed by atoms with Crippen LogP contribution in [0.25, 0.3) is 0 Å². The molecular formula is C40H57F4N3O15. The number of carbonyl (C=O) groups excluding carboxylic acids is 5. The second-order valence-electron chi connectivity index (χ2n) is 15.5. The number of ether oxygens (including phenoxy) is 7. The Kier molecular flexibility index (Phi) is 25.4. The second kappa shape index (κ2) is 28.0. The van der Waals surface area contributed by atoms with Crippen molar-refractivity contribution in [2.24, 2.45) is 0 Å². The van der Waals surface area contributed by atoms with Crippen molar-refractivity contribution in [3.63, 3.8) is 0 Å². The van der Waals surface area contributed by atoms with Crippen LogP contribution < -0.4 is 16.0 Å². The summed E-state index contributed by atoms with van der Waals surface area (Å²) in [6.07, 6.45) is -2.72. The van der Waals surface area contributed by atoms with Gasteiger partial charge in [0.05, 0.1) is 19.8 Å². The van der Waals surface area contributed by atoms with Gasteiger partial charge in [-0.25, -0.2) is 28.8 Å². The first-order valence-electron chi connectivity index (χ1n) is 18.6. The highest BCUT2D eigenvalue weighted by atomic mass is 19.3. The van der Waals surface area contributed by atoms with Gasteiger partial charge in [-0.15, -0.1) is 0 Å². The molecule has 62 heavy (non-hydrogen) atoms. The number of hydrogen-bond acceptors (Lipinski definition) is 14. The van der Waals surface area contributed by atoms with Gasteiger partial charge in [0.2, 0.25) is 0 Å². The number of aliphatic carboxylic acids is 1. The van der Waals surface area contributed by atoms with Crippen LogP contribution in [0.5, 0.6) is 0 Å². The van der Waals surface area contributed by atoms with Crippen molar-refractivity contribution < 1.29 is 89.7 Å². The molecular weight excluding hydrogens is 838 g/mol. The minimum absolute atomic E-state index is 0.0547. The van der Waals surface area contributed by atoms with E-state index in [1.165, 1.54) is 0 Å². The standard InChI is InChI=1S/C16H21F2NO5.C15H21NO5.C9H15F2NO5/c1-16(2,3)24-15(21)19-12(10-23-14(17)18)13(20)22-9-11-7-5-4-6-8-11;1-15(2,3)21-14(19)16-12(9-17)13(18)20-10-11-7-5-4-6-8-11;1-9(2,3)17-8(15)12-5(6(13)14)4-16-7(10)11/h4-8,12,14H,9-10H2,1-3H3,(H,19,21);4-8,12,17H,9-10H2,1-3H3,(H,16,19);5,7H,4H2,1-3H3,(H,12,15)(H,13,14)/t2*12-;5-/m000/s1. The summed E-state index contributed by atoms with van der Waals surface area (Å²) in [4.78, 5) is 68.9. The van der Waals surface area contributed by atoms with Crippen LogP contribution in [0.1, 0.15) is 73.4 Å². The average molecular weight is 896 g/mol. The summed E-state index contributed by atoms with van der Waals surface area (Å²) in [5, 5.41) is 24.2. The van der Waals surface area contributed by atoms with Gasteiger partial charge in [0.25, 0.3) is 0 Å². The number of benzene rings is 2. The zero-order chi connectivity index (χ0) is 47.7. The molecule has 3 atom stereocenters. The molecule has 350 valence electrons. The maximum Gasteiger partial charge on any atom is 0.408 e. The van der Waals surface area contributed by atoms with Gasteiger partial charge in [-0.1, -0.05) is 60.7 Å². The van der Waals surface area contributed by atoms with E-state index in [9.17, 15) is 46.3 Å². The molecule has 0 aromatic heterocycles. The van der Waals surface area contributed by atoms with Crippen molar-refractivity contribution in [2.75, 3.05) is 19.8 Å². The number of esters is 2. The minimum atomic E-state index is -3.10. The molecule has 0 aliphatic carbocycles. The number of halogens is 4. The first kappa shape index (κ1) is 56.3. The predicted octanol–water partition coefficient (Wildman–Crippen LogP) is 5.68. The van der Waals surface area contributed by atoms with Gasteiger partial charge in [0.1, 0.15) is 30.0 Å². The molecule has 22 heteroatoms. The lowest BCUT2D eigenvalue weighted by Gasteiger charge is -2.22. The Labute approximate surface area is 356 Å². The van der Waals surface area contributed by atoms with Crippen LogP contribution in [-0.4, -0.2) is 114 Å². The molecule has 0 heterocycles. The second-order valence-corrected chi connectivity index (χ2v) is 15.5. The molecule has 0 unspecified atom stereocenters. The fraction of sp³-hybridized carbons (Fsp3) is 0.550. The summed E-state index contributed by atoms with van der Waals surface area (Å²) in [6, 6.07) is 13.8. The first-order chi connectivity index (χ1) is 28.6. The van der Waals surface area contributed by atoms with E-state index in [4.69, 9.17) is 33.9 Å². The molecule has 2 aromatic carbocycles. The Morgan fingerprint density at radius 2 is 0.839 bits per heavy atom. The summed E-state index contributed by atoms with van der Waals surface area (Å²) >= 11 is 0. The molecule has 0 fully saturated rings. The van der Waals surface area contributed by atoms with E-state index in [2.05, 4.69) is 20.1 Å². The summed E-state index contributed by atoms with van der Waals surface area (Å²) in [5.74, 6) is -3.10. The molecule has 0 saturated heterocycles. The van der Waals surface area contributed by atoms with Crippen LogP contribution >= 0.6 is 0 Å². The summed E-state index contributed by atoms with van der Waals surface area (Å²) in [6.45, 7) is 6.45. The van der Waals surface area contributed by atoms with E-state index in [0.29, 0.717) is 0 Å². The number of alkyl halides is 4. The Morgan fingerprint density at radius 3 is 1.15 bits per heavy atom. The lowest BCUT2D eigenvalue weighted by atomic mass is 10.2. The van der Waals surface area contributed by atoms with Crippen LogP contribution in [0.15, 0.2) is 60.7 Å². The minimum Gasteiger partial charge on any atom is -0.480 e. The van der Waals surface area contributed by atoms with Crippen molar-refractivity contribution in [2.45, 2.75) is 124 Å². The average Bonchev–Trinajstić information content (AvgIpc) is 3.14. The number of amides is 3. The first-order valence-corrected chi connectivity index (χ1v) is 18.6. The fourth-order valence-electron chi connectivity index (χ4n) is 3.87. The van der Waals surface area contributed by atoms with Crippen LogP contribution in [0, 0.1) is 0 Å². The number of aliphatic hydroxyl groups excluding tert-OH is 1. The molecule has 18 nitrogen and oxygen atoms in total. The third-order valence-electron chi connectivity index (χ3n) is 6.35. The maximum absolute atomic E-state index is 12.2. The van der Waals surface area contributed by atoms with Crippen LogP contribution in [-0.2, 0) is 60.8 Å². The normalized spacial score (nSPS) is 12.7. The topological polar surface area (TPSA) is 244 Å². The van der Waals surface area contributed by atoms with Gasteiger partial charge >= 0.3 is 49.4 Å². The van der Waals surface area contributed by atoms with Crippen LogP contribution in [0.3, 0.4) is 0 Å². The van der Waals surface area contributed by atoms with Crippen molar-refractivity contribution in [1.29, 1.82) is 0 Å². The molecule has 5 N–H and O–H groups in total. The number of aliphatic hydroxyl groups is 1. The molecule has 0 aliphatic heterocycles. The number of rotatable bonds is 17. The van der Waals surface area contributed by atoms with Crippen LogP contribution in [0.4, 0.5) is 31.9 Å². The number of carboxylic acid groups (broad SMARTS) is 1. The number of alkyl carbamates (subject to hydrolysis) is 3. The zero-order valence-corrected chi connectivity index (χ0v) is 35.9. The van der Waals surface area contributed by atoms with Gasteiger partial charge in [0, 0.05) is 0 Å². The highest BCUT2D eigenvalue weighted by Crippen LogP contribution is 2.11. The number of carboxylic acids is 1. The summed E-state index contributed by atoms with van der Waals surface area (Å²) in [7, 11) is 0. The number of carbonyl (C=O) groups is 6. The fourth-order valence-corrected chi connectivity index (χ4v) is 3.87. The Bertz CT molecular complexity index is 1650. The van der Waals surface area contributed by atoms with E-state index < -0.39 is 104 Å². The molecule has 0 saturated carbocycles. The number of nitrogens with one attached hydrogen (secondary N) is 3. The highest BCUT2D eigenvalue weighted by Gasteiger charge is 2.28. The van der Waals surface area contributed by atoms with Crippen LogP contribution in [0.2, 0.25) is 0 Å². The molecule has 0 radical (unpaired) electrons. The zero-order valence-electron chi connectivity index (χ0n) is 35.9. The molecule has 2 aromatic rings. The van der Waals surface area contributed by atoms with Crippen molar-refractivity contribution >= 4 is 36.2 Å². The van der Waals surface area contributed by atoms with Gasteiger partial charge in [-0.3, -0.25) is 0 Å². The van der Waals surface area contributed by atoms with E-state index in [0.717, 1.165) is 11.1 Å². The molecule has 0 spiro atoms. The third-order valence-corrected chi connectivity index (χ3v) is 6.35. The van der Waals surface area contributed by atoms with Gasteiger partial charge in [-0.2, -0.15) is 17.6 Å². The lowest BCUT2D eigenvalue weighted by Crippen LogP contribution is -2.47. The number of hydrogen-bond donors (Lipinski definition) is 5. The lowest BCUT2D eigenvalue weighted by molar-refractivity contribution is -0.159. The van der Waals surface area contributed by atoms with E-state index >= 15 is 0 Å². The maximum atomic E-state index is 12.2. The molecule has 0 bridgehead atoms. The summed E-state index contributed by atoms with van der Waals surface area (Å²) < 4.78 is 80.6. The van der Waals surface area contributed by atoms with Crippen molar-refractivity contribution in [3.05, 3.63) is 71.8 Å². The molecule has 0 aliphatic rings. The Hall–Kier alpha value is -5.74. The van der Waals surface area contributed by atoms with Gasteiger partial charge < -0.3 is 59.3 Å². The third kappa shape index (κ3) is 30.3. The van der Waals surface area contributed by atoms with E-state index in [1.54, 1.807) is 92.6 Å². The SMILES string of the molecule is CC(C)(C)OC(=O)N[C@@H](CO)C(=O)OCc1ccccc1.CC(C)(C)OC(=O)N[C@@H](COC(F)F)C(=O)O.CC(C)(C)OC(=O)N[C@@H](COC(F)F)C(=O)OCc1ccccc1. The van der Waals surface area contributed by atoms with Crippen molar-refractivity contribution in [3.8, 4) is 0 Å². The quantitative estimate of drug-likeness (QED) is 0.0729. The Balaban J connectivity index is 0.000000915. The summed E-state index contributed by atoms with van der Waals surface area (Å²) in [5.41, 5.74) is -0.752.